The summed E-state index contributed by atoms with van der Waals surface area (Å²) >= 11 is 0. The molecular weight excluding hydrogens is 726 g/mol. The van der Waals surface area contributed by atoms with E-state index in [1.165, 1.54) is 11.8 Å². The van der Waals surface area contributed by atoms with Crippen LogP contribution >= 0.6 is 0 Å². The van der Waals surface area contributed by atoms with Crippen LogP contribution in [0.3, 0.4) is 0 Å². The third-order valence-electron chi connectivity index (χ3n) is 10.1. The molecule has 0 unspecified atom stereocenters. The van der Waals surface area contributed by atoms with Gasteiger partial charge >= 0.3 is 0 Å². The third kappa shape index (κ3) is 11.1. The van der Waals surface area contributed by atoms with Crippen LogP contribution in [0, 0.1) is 5.92 Å². The number of aliphatic imine (C=N–C) groups is 2. The zero-order chi connectivity index (χ0) is 41.1. The van der Waals surface area contributed by atoms with Crippen molar-refractivity contribution < 1.29 is 33.9 Å². The molecule has 2 saturated heterocycles. The van der Waals surface area contributed by atoms with E-state index in [0.29, 0.717) is 18.4 Å². The molecule has 15 N–H and O–H groups in total. The van der Waals surface area contributed by atoms with E-state index in [9.17, 15) is 33.9 Å². The molecule has 1 aromatic heterocycles. The molecule has 0 aliphatic carbocycles. The zero-order valence-electron chi connectivity index (χ0n) is 31.9. The van der Waals surface area contributed by atoms with Crippen molar-refractivity contribution >= 4 is 58.3 Å². The first-order valence-electron chi connectivity index (χ1n) is 18.8. The Hall–Kier alpha value is -5.92. The van der Waals surface area contributed by atoms with Gasteiger partial charge in [-0.15, -0.1) is 0 Å². The Bertz CT molecular complexity index is 1800. The fraction of sp³-hybridized carbons (Fsp3) is 0.556. The smallest absolute Gasteiger partial charge is 0.246 e. The second-order valence-electron chi connectivity index (χ2n) is 14.2. The molecular formula is C36H55N13O7. The number of nitrogens with two attached hydrogens (primary N) is 4. The van der Waals surface area contributed by atoms with Crippen molar-refractivity contribution in [2.75, 3.05) is 19.6 Å². The van der Waals surface area contributed by atoms with Crippen LogP contribution in [0.15, 0.2) is 40.4 Å². The summed E-state index contributed by atoms with van der Waals surface area (Å²) in [4.78, 5) is 96.6. The lowest BCUT2D eigenvalue weighted by Crippen LogP contribution is -2.63. The highest BCUT2D eigenvalue weighted by molar-refractivity contribution is 5.99. The van der Waals surface area contributed by atoms with Gasteiger partial charge in [-0.3, -0.25) is 38.8 Å². The molecule has 306 valence electrons. The summed E-state index contributed by atoms with van der Waals surface area (Å²) in [7, 11) is 0. The fourth-order valence-corrected chi connectivity index (χ4v) is 6.79. The zero-order valence-corrected chi connectivity index (χ0v) is 31.9. The average molecular weight is 782 g/mol. The molecule has 8 atom stereocenters. The highest BCUT2D eigenvalue weighted by Crippen LogP contribution is 2.23. The predicted molar refractivity (Wildman–Crippen MR) is 208 cm³/mol. The Morgan fingerprint density at radius 2 is 1.45 bits per heavy atom. The molecule has 0 saturated carbocycles. The molecule has 2 aliphatic heterocycles. The number of carbonyl (C=O) groups excluding carboxylic acids is 6. The van der Waals surface area contributed by atoms with Crippen molar-refractivity contribution in [1.29, 1.82) is 0 Å². The largest absolute Gasteiger partial charge is 0.391 e. The summed E-state index contributed by atoms with van der Waals surface area (Å²) in [5.41, 5.74) is 23.6. The van der Waals surface area contributed by atoms with E-state index in [4.69, 9.17) is 22.9 Å². The van der Waals surface area contributed by atoms with E-state index in [1.807, 2.05) is 24.3 Å². The first-order valence-corrected chi connectivity index (χ1v) is 18.8. The number of nitrogens with zero attached hydrogens (tertiary/aromatic N) is 3. The number of benzene rings is 1. The number of para-hydroxylation sites is 1. The summed E-state index contributed by atoms with van der Waals surface area (Å²) in [6.07, 6.45) is 1.62. The highest BCUT2D eigenvalue weighted by atomic mass is 16.3. The molecule has 0 radical (unpaired) electrons. The van der Waals surface area contributed by atoms with Crippen molar-refractivity contribution in [3.63, 3.8) is 0 Å². The standard InChI is InChI=1S/C36H55N13O7/c1-4-18(2)27-32(54)44-23(11-7-13-41-35(37)38)29(51)46-25(17-43-36(39)40)30(52)45-24(15-20-16-42-22-10-6-5-9-21(20)22)34(56)49-14-8-12-26(49)31(53)48-28(19(3)50)33(55)47-27/h5-6,9-10,16,18-19,23-28,42,50H,4,7-8,11-15,17H2,1-3H3,(H,44,54)(H,45,52)(H,46,51)(H,47,55)(H,48,53)(H4,37,38,41)(H4,39,40,43)/t18-,19+,23+,24-,25-,26+,27-,28-/m0/s1. The maximum absolute atomic E-state index is 14.5. The number of carbonyl (C=O) groups is 6. The number of amides is 6. The van der Waals surface area contributed by atoms with E-state index in [0.717, 1.165) is 10.9 Å². The number of rotatable bonds is 11. The number of aromatic amines is 1. The lowest BCUT2D eigenvalue weighted by molar-refractivity contribution is -0.143. The number of hydrogen-bond donors (Lipinski definition) is 11. The van der Waals surface area contributed by atoms with Crippen molar-refractivity contribution in [2.45, 2.75) is 102 Å². The van der Waals surface area contributed by atoms with Gasteiger partial charge in [0.2, 0.25) is 35.4 Å². The molecule has 20 nitrogen and oxygen atoms in total. The number of aromatic nitrogens is 1. The summed E-state index contributed by atoms with van der Waals surface area (Å²) in [6, 6.07) is -0.353. The molecule has 2 aliphatic rings. The predicted octanol–water partition coefficient (Wildman–Crippen LogP) is -3.11. The monoisotopic (exact) mass is 781 g/mol. The normalized spacial score (nSPS) is 25.3. The number of H-pyrrole nitrogens is 1. The second kappa shape index (κ2) is 19.6. The molecule has 1 aromatic carbocycles. The average Bonchev–Trinajstić information content (AvgIpc) is 3.81. The van der Waals surface area contributed by atoms with Gasteiger partial charge in [-0.2, -0.15) is 0 Å². The molecule has 2 fully saturated rings. The number of fused-ring (bicyclic) bond motifs is 2. The van der Waals surface area contributed by atoms with Gasteiger partial charge in [-0.1, -0.05) is 38.5 Å². The number of guanidine groups is 2. The van der Waals surface area contributed by atoms with Crippen LogP contribution in [-0.4, -0.2) is 124 Å². The fourth-order valence-electron chi connectivity index (χ4n) is 6.79. The Kier molecular flexibility index (Phi) is 15.0. The van der Waals surface area contributed by atoms with Crippen LogP contribution < -0.4 is 49.5 Å². The highest BCUT2D eigenvalue weighted by Gasteiger charge is 2.41. The van der Waals surface area contributed by atoms with Gasteiger partial charge in [-0.25, -0.2) is 0 Å². The maximum Gasteiger partial charge on any atom is 0.246 e. The number of aliphatic hydroxyl groups is 1. The summed E-state index contributed by atoms with van der Waals surface area (Å²) in [5, 5.41) is 24.8. The van der Waals surface area contributed by atoms with Crippen LogP contribution in [0.2, 0.25) is 0 Å². The molecule has 4 rings (SSSR count). The molecule has 6 amide bonds. The SMILES string of the molecule is CC[C@H](C)[C@@H]1NC(=O)[C@H]([C@@H](C)O)NC(=O)[C@H]2CCCN2C(=O)[C@H](Cc2c[nH]c3ccccc23)NC(=O)[C@H](CN=C(N)N)NC(=O)[C@@H](CCCN=C(N)N)NC1=O. The van der Waals surface area contributed by atoms with Gasteiger partial charge in [0.05, 0.1) is 12.6 Å². The van der Waals surface area contributed by atoms with Crippen molar-refractivity contribution in [3.8, 4) is 0 Å². The van der Waals surface area contributed by atoms with Gasteiger partial charge in [-0.05, 0) is 50.2 Å². The number of hydrogen-bond acceptors (Lipinski definition) is 9. The van der Waals surface area contributed by atoms with E-state index in [1.54, 1.807) is 20.0 Å². The van der Waals surface area contributed by atoms with Gasteiger partial charge in [0.15, 0.2) is 11.9 Å². The molecule has 0 bridgehead atoms. The molecule has 2 aromatic rings. The van der Waals surface area contributed by atoms with Crippen LogP contribution in [0.25, 0.3) is 10.9 Å². The van der Waals surface area contributed by atoms with Crippen molar-refractivity contribution in [1.82, 2.24) is 36.5 Å². The molecule has 56 heavy (non-hydrogen) atoms. The van der Waals surface area contributed by atoms with Crippen LogP contribution in [0.4, 0.5) is 0 Å². The minimum atomic E-state index is -1.50. The Labute approximate surface area is 324 Å². The van der Waals surface area contributed by atoms with Gasteiger partial charge < -0.3 is 64.5 Å². The lowest BCUT2D eigenvalue weighted by Gasteiger charge is -2.32. The summed E-state index contributed by atoms with van der Waals surface area (Å²) in [6.45, 7) is 4.67. The lowest BCUT2D eigenvalue weighted by atomic mass is 9.96. The number of nitrogens with one attached hydrogen (secondary N) is 6. The molecule has 3 heterocycles. The third-order valence-corrected chi connectivity index (χ3v) is 10.1. The summed E-state index contributed by atoms with van der Waals surface area (Å²) in [5.74, 6) is -5.48. The minimum Gasteiger partial charge on any atom is -0.391 e. The Balaban J connectivity index is 1.80. The molecule has 20 heteroatoms. The van der Waals surface area contributed by atoms with Crippen LogP contribution in [-0.2, 0) is 35.2 Å². The number of aliphatic hydroxyl groups excluding tert-OH is 1. The van der Waals surface area contributed by atoms with Crippen LogP contribution in [0.1, 0.15) is 58.4 Å². The summed E-state index contributed by atoms with van der Waals surface area (Å²) < 4.78 is 0. The second-order valence-corrected chi connectivity index (χ2v) is 14.2. The molecule has 0 spiro atoms. The Morgan fingerprint density at radius 1 is 0.821 bits per heavy atom. The van der Waals surface area contributed by atoms with Crippen molar-refractivity contribution in [3.05, 3.63) is 36.0 Å². The van der Waals surface area contributed by atoms with Gasteiger partial charge in [0.1, 0.15) is 36.3 Å². The van der Waals surface area contributed by atoms with Crippen molar-refractivity contribution in [2.24, 2.45) is 38.8 Å². The minimum absolute atomic E-state index is 0.00343. The van der Waals surface area contributed by atoms with E-state index < -0.39 is 90.3 Å². The van der Waals surface area contributed by atoms with E-state index >= 15 is 0 Å². The Morgan fingerprint density at radius 3 is 2.12 bits per heavy atom. The van der Waals surface area contributed by atoms with Crippen LogP contribution in [0.5, 0.6) is 0 Å². The van der Waals surface area contributed by atoms with Gasteiger partial charge in [0.25, 0.3) is 0 Å². The first kappa shape index (κ1) is 42.8. The van der Waals surface area contributed by atoms with E-state index in [2.05, 4.69) is 41.6 Å². The first-order chi connectivity index (χ1) is 26.6. The maximum atomic E-state index is 14.5. The van der Waals surface area contributed by atoms with Gasteiger partial charge in [0, 0.05) is 36.6 Å². The van der Waals surface area contributed by atoms with E-state index in [-0.39, 0.29) is 50.7 Å². The quantitative estimate of drug-likeness (QED) is 0.0616. The topological polar surface area (TPSA) is 331 Å².